The Morgan fingerprint density at radius 1 is 1.07 bits per heavy atom. The summed E-state index contributed by atoms with van der Waals surface area (Å²) in [5.41, 5.74) is 0.481. The second kappa shape index (κ2) is 9.90. The minimum absolute atomic E-state index is 0.00279. The molecular weight excluding hydrogens is 409 g/mol. The predicted octanol–water partition coefficient (Wildman–Crippen LogP) is 1.86. The molecule has 2 aromatic carbocycles. The van der Waals surface area contributed by atoms with Crippen LogP contribution in [0.3, 0.4) is 0 Å². The molecule has 1 heterocycles. The van der Waals surface area contributed by atoms with Gasteiger partial charge < -0.3 is 15.0 Å². The lowest BCUT2D eigenvalue weighted by atomic mass is 10.2. The SMILES string of the molecule is C[C@@H](Oc1ccccc1)C(=O)NCCS(=O)(=O)N1CCN(c2ccccc2F)CC1. The molecule has 1 aliphatic heterocycles. The van der Waals surface area contributed by atoms with Gasteiger partial charge in [0.15, 0.2) is 6.10 Å². The summed E-state index contributed by atoms with van der Waals surface area (Å²) >= 11 is 0. The topological polar surface area (TPSA) is 78.9 Å². The maximum atomic E-state index is 13.9. The number of hydrogen-bond donors (Lipinski definition) is 1. The molecule has 30 heavy (non-hydrogen) atoms. The fourth-order valence-electron chi connectivity index (χ4n) is 3.25. The number of para-hydroxylation sites is 2. The van der Waals surface area contributed by atoms with E-state index in [2.05, 4.69) is 5.32 Å². The summed E-state index contributed by atoms with van der Waals surface area (Å²) in [5, 5.41) is 2.61. The van der Waals surface area contributed by atoms with E-state index in [1.54, 1.807) is 49.4 Å². The third-order valence-electron chi connectivity index (χ3n) is 4.91. The summed E-state index contributed by atoms with van der Waals surface area (Å²) in [5.74, 6) is -0.321. The van der Waals surface area contributed by atoms with Crippen molar-refractivity contribution in [2.24, 2.45) is 0 Å². The first-order valence-electron chi connectivity index (χ1n) is 9.83. The highest BCUT2D eigenvalue weighted by molar-refractivity contribution is 7.89. The van der Waals surface area contributed by atoms with Crippen LogP contribution in [0, 0.1) is 5.82 Å². The van der Waals surface area contributed by atoms with E-state index >= 15 is 0 Å². The van der Waals surface area contributed by atoms with Crippen LogP contribution in [0.1, 0.15) is 6.92 Å². The minimum atomic E-state index is -3.52. The molecule has 0 radical (unpaired) electrons. The third-order valence-corrected chi connectivity index (χ3v) is 6.78. The van der Waals surface area contributed by atoms with E-state index in [9.17, 15) is 17.6 Å². The first-order chi connectivity index (χ1) is 14.4. The molecule has 0 spiro atoms. The van der Waals surface area contributed by atoms with E-state index in [0.29, 0.717) is 24.5 Å². The lowest BCUT2D eigenvalue weighted by molar-refractivity contribution is -0.127. The average Bonchev–Trinajstić information content (AvgIpc) is 2.74. The predicted molar refractivity (Wildman–Crippen MR) is 114 cm³/mol. The Kier molecular flexibility index (Phi) is 7.28. The first-order valence-corrected chi connectivity index (χ1v) is 11.4. The molecule has 7 nitrogen and oxygen atoms in total. The maximum absolute atomic E-state index is 13.9. The first kappa shape index (κ1) is 22.0. The van der Waals surface area contributed by atoms with Crippen molar-refractivity contribution >= 4 is 21.6 Å². The van der Waals surface area contributed by atoms with Gasteiger partial charge in [-0.15, -0.1) is 0 Å². The number of ether oxygens (including phenoxy) is 1. The highest BCUT2D eigenvalue weighted by atomic mass is 32.2. The Balaban J connectivity index is 1.44. The smallest absolute Gasteiger partial charge is 0.260 e. The maximum Gasteiger partial charge on any atom is 0.260 e. The van der Waals surface area contributed by atoms with E-state index in [1.165, 1.54) is 10.4 Å². The van der Waals surface area contributed by atoms with Gasteiger partial charge in [-0.1, -0.05) is 30.3 Å². The average molecular weight is 436 g/mol. The monoisotopic (exact) mass is 435 g/mol. The Morgan fingerprint density at radius 3 is 2.37 bits per heavy atom. The summed E-state index contributed by atoms with van der Waals surface area (Å²) in [6.45, 7) is 2.98. The molecular formula is C21H26FN3O4S. The van der Waals surface area contributed by atoms with Crippen LogP contribution in [0.4, 0.5) is 10.1 Å². The molecule has 0 aromatic heterocycles. The Hall–Kier alpha value is -2.65. The summed E-state index contributed by atoms with van der Waals surface area (Å²) in [6, 6.07) is 15.4. The van der Waals surface area contributed by atoms with Crippen molar-refractivity contribution in [2.45, 2.75) is 13.0 Å². The molecule has 2 aromatic rings. The zero-order valence-corrected chi connectivity index (χ0v) is 17.6. The summed E-state index contributed by atoms with van der Waals surface area (Å²) < 4.78 is 46.0. The highest BCUT2D eigenvalue weighted by Crippen LogP contribution is 2.21. The number of anilines is 1. The van der Waals surface area contributed by atoms with Crippen LogP contribution < -0.4 is 15.0 Å². The number of amides is 1. The van der Waals surface area contributed by atoms with Crippen LogP contribution >= 0.6 is 0 Å². The molecule has 162 valence electrons. The molecule has 1 saturated heterocycles. The van der Waals surface area contributed by atoms with Crippen LogP contribution in [0.25, 0.3) is 0 Å². The van der Waals surface area contributed by atoms with Crippen molar-refractivity contribution in [1.82, 2.24) is 9.62 Å². The van der Waals surface area contributed by atoms with Crippen LogP contribution in [-0.4, -0.2) is 63.2 Å². The van der Waals surface area contributed by atoms with Crippen LogP contribution in [0.2, 0.25) is 0 Å². The molecule has 1 fully saturated rings. The molecule has 9 heteroatoms. The lowest BCUT2D eigenvalue weighted by Gasteiger charge is -2.35. The number of halogens is 1. The number of carbonyl (C=O) groups excluding carboxylic acids is 1. The molecule has 0 bridgehead atoms. The number of carbonyl (C=O) groups is 1. The number of piperazine rings is 1. The number of rotatable bonds is 8. The second-order valence-corrected chi connectivity index (χ2v) is 9.11. The van der Waals surface area contributed by atoms with Gasteiger partial charge in [0, 0.05) is 32.7 Å². The fourth-order valence-corrected chi connectivity index (χ4v) is 4.59. The Bertz CT molecular complexity index is 948. The standard InChI is InChI=1S/C21H26FN3O4S/c1-17(29-18-7-3-2-4-8-18)21(26)23-11-16-30(27,28)25-14-12-24(13-15-25)20-10-6-5-9-19(20)22/h2-10,17H,11-16H2,1H3,(H,23,26)/t17-/m1/s1. The van der Waals surface area contributed by atoms with E-state index in [-0.39, 0.29) is 37.1 Å². The van der Waals surface area contributed by atoms with Crippen LogP contribution in [0.5, 0.6) is 5.75 Å². The number of nitrogens with one attached hydrogen (secondary N) is 1. The minimum Gasteiger partial charge on any atom is -0.481 e. The Labute approximate surface area is 176 Å². The molecule has 1 atom stereocenters. The van der Waals surface area contributed by atoms with Crippen molar-refractivity contribution in [2.75, 3.05) is 43.4 Å². The van der Waals surface area contributed by atoms with Gasteiger partial charge in [0.1, 0.15) is 11.6 Å². The zero-order valence-electron chi connectivity index (χ0n) is 16.8. The highest BCUT2D eigenvalue weighted by Gasteiger charge is 2.28. The van der Waals surface area contributed by atoms with Crippen molar-refractivity contribution < 1.29 is 22.3 Å². The van der Waals surface area contributed by atoms with E-state index in [0.717, 1.165) is 0 Å². The number of sulfonamides is 1. The van der Waals surface area contributed by atoms with E-state index < -0.39 is 16.1 Å². The van der Waals surface area contributed by atoms with Crippen molar-refractivity contribution in [1.29, 1.82) is 0 Å². The number of benzene rings is 2. The zero-order chi connectivity index (χ0) is 21.6. The van der Waals surface area contributed by atoms with Gasteiger partial charge in [-0.3, -0.25) is 4.79 Å². The Morgan fingerprint density at radius 2 is 1.70 bits per heavy atom. The summed E-state index contributed by atoms with van der Waals surface area (Å²) in [6.07, 6.45) is -0.737. The van der Waals surface area contributed by atoms with Crippen LogP contribution in [0.15, 0.2) is 54.6 Å². The van der Waals surface area contributed by atoms with Crippen molar-refractivity contribution in [3.8, 4) is 5.75 Å². The van der Waals surface area contributed by atoms with Gasteiger partial charge >= 0.3 is 0 Å². The summed E-state index contributed by atoms with van der Waals surface area (Å²) in [4.78, 5) is 14.0. The molecule has 0 unspecified atom stereocenters. The molecule has 1 amide bonds. The van der Waals surface area contributed by atoms with Gasteiger partial charge in [-0.2, -0.15) is 4.31 Å². The quantitative estimate of drug-likeness (QED) is 0.685. The number of nitrogens with zero attached hydrogens (tertiary/aromatic N) is 2. The van der Waals surface area contributed by atoms with Gasteiger partial charge in [-0.05, 0) is 31.2 Å². The second-order valence-electron chi connectivity index (χ2n) is 7.02. The molecule has 0 aliphatic carbocycles. The van der Waals surface area contributed by atoms with Crippen molar-refractivity contribution in [3.63, 3.8) is 0 Å². The molecule has 0 saturated carbocycles. The molecule has 3 rings (SSSR count). The van der Waals surface area contributed by atoms with Gasteiger partial charge in [-0.25, -0.2) is 12.8 Å². The lowest BCUT2D eigenvalue weighted by Crippen LogP contribution is -2.50. The largest absolute Gasteiger partial charge is 0.481 e. The number of hydrogen-bond acceptors (Lipinski definition) is 5. The van der Waals surface area contributed by atoms with Gasteiger partial charge in [0.25, 0.3) is 5.91 Å². The van der Waals surface area contributed by atoms with Crippen LogP contribution in [-0.2, 0) is 14.8 Å². The van der Waals surface area contributed by atoms with Crippen molar-refractivity contribution in [3.05, 3.63) is 60.4 Å². The molecule has 1 aliphatic rings. The summed E-state index contributed by atoms with van der Waals surface area (Å²) in [7, 11) is -3.52. The molecule has 1 N–H and O–H groups in total. The van der Waals surface area contributed by atoms with Gasteiger partial charge in [0.2, 0.25) is 10.0 Å². The van der Waals surface area contributed by atoms with E-state index in [4.69, 9.17) is 4.74 Å². The third kappa shape index (κ3) is 5.70. The van der Waals surface area contributed by atoms with E-state index in [1.807, 2.05) is 11.0 Å². The van der Waals surface area contributed by atoms with Gasteiger partial charge in [0.05, 0.1) is 11.4 Å². The normalized spacial score (nSPS) is 16.1. The fraction of sp³-hybridized carbons (Fsp3) is 0.381.